The van der Waals surface area contributed by atoms with Crippen molar-refractivity contribution >= 4 is 5.97 Å². The first kappa shape index (κ1) is 15.0. The second-order valence-corrected chi connectivity index (χ2v) is 5.62. The van der Waals surface area contributed by atoms with Crippen molar-refractivity contribution in [1.29, 1.82) is 0 Å². The second-order valence-electron chi connectivity index (χ2n) is 5.62. The van der Waals surface area contributed by atoms with Gasteiger partial charge in [0.1, 0.15) is 5.54 Å². The van der Waals surface area contributed by atoms with Gasteiger partial charge in [-0.2, -0.15) is 0 Å². The highest BCUT2D eigenvalue weighted by Crippen LogP contribution is 2.35. The van der Waals surface area contributed by atoms with Crippen LogP contribution in [0.2, 0.25) is 0 Å². The summed E-state index contributed by atoms with van der Waals surface area (Å²) in [6.45, 7) is 2.08. The van der Waals surface area contributed by atoms with E-state index in [1.165, 1.54) is 5.56 Å². The molecule has 0 amide bonds. The summed E-state index contributed by atoms with van der Waals surface area (Å²) in [4.78, 5) is 12.0. The summed E-state index contributed by atoms with van der Waals surface area (Å²) in [6.07, 6.45) is 1.67. The molecule has 1 saturated carbocycles. The summed E-state index contributed by atoms with van der Waals surface area (Å²) < 4.78 is 5.05. The number of hydrogen-bond donors (Lipinski definition) is 2. The lowest BCUT2D eigenvalue weighted by atomic mass is 9.89. The van der Waals surface area contributed by atoms with E-state index in [1.54, 1.807) is 6.92 Å². The molecule has 4 nitrogen and oxygen atoms in total. The van der Waals surface area contributed by atoms with Crippen molar-refractivity contribution in [2.75, 3.05) is 6.61 Å². The molecule has 2 rings (SSSR count). The van der Waals surface area contributed by atoms with Crippen LogP contribution in [-0.2, 0) is 9.53 Å². The molecule has 20 heavy (non-hydrogen) atoms. The Hall–Kier alpha value is -1.39. The molecule has 0 saturated heterocycles. The molecule has 0 radical (unpaired) electrons. The third kappa shape index (κ3) is 3.38. The first-order chi connectivity index (χ1) is 9.55. The van der Waals surface area contributed by atoms with Crippen LogP contribution >= 0.6 is 0 Å². The highest BCUT2D eigenvalue weighted by atomic mass is 16.5. The normalized spacial score (nSPS) is 30.6. The Morgan fingerprint density at radius 2 is 2.15 bits per heavy atom. The van der Waals surface area contributed by atoms with Gasteiger partial charge < -0.3 is 15.6 Å². The van der Waals surface area contributed by atoms with Gasteiger partial charge in [-0.3, -0.25) is 4.79 Å². The SMILES string of the molecule is CCOC(=O)[C@]1(N)CC[C@H](c2ccccc2)C[C@@H](O)C1. The van der Waals surface area contributed by atoms with Crippen molar-refractivity contribution in [3.63, 3.8) is 0 Å². The van der Waals surface area contributed by atoms with Crippen LogP contribution in [0.5, 0.6) is 0 Å². The largest absolute Gasteiger partial charge is 0.465 e. The molecule has 0 spiro atoms. The standard InChI is InChI=1S/C16H23NO3/c1-2-20-15(19)16(17)9-8-13(10-14(18)11-16)12-6-4-3-5-7-12/h3-7,13-14,18H,2,8-11,17H2,1H3/t13-,14+,16-/m0/s1. The smallest absolute Gasteiger partial charge is 0.326 e. The average Bonchev–Trinajstić information content (AvgIpc) is 2.59. The maximum Gasteiger partial charge on any atom is 0.326 e. The third-order valence-electron chi connectivity index (χ3n) is 4.05. The molecule has 110 valence electrons. The summed E-state index contributed by atoms with van der Waals surface area (Å²) >= 11 is 0. The second kappa shape index (κ2) is 6.37. The van der Waals surface area contributed by atoms with E-state index in [2.05, 4.69) is 12.1 Å². The number of rotatable bonds is 3. The van der Waals surface area contributed by atoms with Gasteiger partial charge in [-0.15, -0.1) is 0 Å². The van der Waals surface area contributed by atoms with Crippen molar-refractivity contribution in [3.8, 4) is 0 Å². The molecule has 4 heteroatoms. The van der Waals surface area contributed by atoms with Gasteiger partial charge in [0.25, 0.3) is 0 Å². The molecule has 0 unspecified atom stereocenters. The van der Waals surface area contributed by atoms with E-state index in [9.17, 15) is 9.90 Å². The number of hydrogen-bond acceptors (Lipinski definition) is 4. The predicted octanol–water partition coefficient (Wildman–Crippen LogP) is 1.97. The zero-order valence-electron chi connectivity index (χ0n) is 11.9. The van der Waals surface area contributed by atoms with Gasteiger partial charge in [0.05, 0.1) is 12.7 Å². The summed E-state index contributed by atoms with van der Waals surface area (Å²) in [6, 6.07) is 10.1. The van der Waals surface area contributed by atoms with Crippen LogP contribution in [0.3, 0.4) is 0 Å². The maximum absolute atomic E-state index is 12.0. The minimum absolute atomic E-state index is 0.242. The summed E-state index contributed by atoms with van der Waals surface area (Å²) in [5, 5.41) is 10.2. The fourth-order valence-electron chi connectivity index (χ4n) is 2.97. The third-order valence-corrected chi connectivity index (χ3v) is 4.05. The molecular weight excluding hydrogens is 254 g/mol. The lowest BCUT2D eigenvalue weighted by Gasteiger charge is -2.26. The van der Waals surface area contributed by atoms with E-state index in [4.69, 9.17) is 10.5 Å². The number of carbonyl (C=O) groups excluding carboxylic acids is 1. The van der Waals surface area contributed by atoms with E-state index in [0.29, 0.717) is 19.4 Å². The van der Waals surface area contributed by atoms with E-state index < -0.39 is 17.6 Å². The molecule has 1 aromatic rings. The Bertz CT molecular complexity index is 448. The minimum atomic E-state index is -1.06. The molecule has 1 aliphatic rings. The first-order valence-corrected chi connectivity index (χ1v) is 7.24. The average molecular weight is 277 g/mol. The van der Waals surface area contributed by atoms with E-state index in [-0.39, 0.29) is 12.3 Å². The Morgan fingerprint density at radius 1 is 1.45 bits per heavy atom. The fraction of sp³-hybridized carbons (Fsp3) is 0.562. The van der Waals surface area contributed by atoms with Crippen LogP contribution in [0.25, 0.3) is 0 Å². The van der Waals surface area contributed by atoms with Crippen LogP contribution in [0.1, 0.15) is 44.1 Å². The Morgan fingerprint density at radius 3 is 2.80 bits per heavy atom. The highest BCUT2D eigenvalue weighted by Gasteiger charge is 2.41. The number of aliphatic hydroxyl groups excluding tert-OH is 1. The molecule has 0 aliphatic heterocycles. The molecule has 1 aliphatic carbocycles. The van der Waals surface area contributed by atoms with E-state index in [1.807, 2.05) is 18.2 Å². The Labute approximate surface area is 119 Å². The fourth-order valence-corrected chi connectivity index (χ4v) is 2.97. The molecule has 1 fully saturated rings. The van der Waals surface area contributed by atoms with Crippen molar-refractivity contribution < 1.29 is 14.6 Å². The number of aliphatic hydroxyl groups is 1. The molecule has 0 heterocycles. The van der Waals surface area contributed by atoms with Crippen molar-refractivity contribution in [1.82, 2.24) is 0 Å². The van der Waals surface area contributed by atoms with Crippen LogP contribution in [0, 0.1) is 0 Å². The van der Waals surface area contributed by atoms with Crippen LogP contribution in [0.15, 0.2) is 30.3 Å². The van der Waals surface area contributed by atoms with Gasteiger partial charge in [0.2, 0.25) is 0 Å². The predicted molar refractivity (Wildman–Crippen MR) is 77.2 cm³/mol. The Kier molecular flexibility index (Phi) is 4.78. The topological polar surface area (TPSA) is 72.5 Å². The highest BCUT2D eigenvalue weighted by molar-refractivity contribution is 5.80. The zero-order valence-corrected chi connectivity index (χ0v) is 11.9. The summed E-state index contributed by atoms with van der Waals surface area (Å²) in [7, 11) is 0. The van der Waals surface area contributed by atoms with E-state index >= 15 is 0 Å². The van der Waals surface area contributed by atoms with Crippen molar-refractivity contribution in [3.05, 3.63) is 35.9 Å². The number of ether oxygens (including phenoxy) is 1. The minimum Gasteiger partial charge on any atom is -0.465 e. The number of benzene rings is 1. The molecule has 0 bridgehead atoms. The van der Waals surface area contributed by atoms with Gasteiger partial charge in [0, 0.05) is 6.42 Å². The van der Waals surface area contributed by atoms with Crippen molar-refractivity contribution in [2.24, 2.45) is 5.73 Å². The molecular formula is C16H23NO3. The number of nitrogens with two attached hydrogens (primary N) is 1. The number of carbonyl (C=O) groups is 1. The molecule has 1 aromatic carbocycles. The van der Waals surface area contributed by atoms with Gasteiger partial charge in [0.15, 0.2) is 0 Å². The van der Waals surface area contributed by atoms with Crippen LogP contribution in [-0.4, -0.2) is 29.3 Å². The monoisotopic (exact) mass is 277 g/mol. The van der Waals surface area contributed by atoms with Crippen LogP contribution in [0.4, 0.5) is 0 Å². The van der Waals surface area contributed by atoms with Crippen LogP contribution < -0.4 is 5.73 Å². The molecule has 3 atom stereocenters. The lowest BCUT2D eigenvalue weighted by Crippen LogP contribution is -2.50. The molecule has 0 aromatic heterocycles. The quantitative estimate of drug-likeness (QED) is 0.654. The van der Waals surface area contributed by atoms with Gasteiger partial charge in [-0.1, -0.05) is 30.3 Å². The van der Waals surface area contributed by atoms with Crippen molar-refractivity contribution in [2.45, 2.75) is 50.2 Å². The first-order valence-electron chi connectivity index (χ1n) is 7.24. The molecule has 3 N–H and O–H groups in total. The number of esters is 1. The summed E-state index contributed by atoms with van der Waals surface area (Å²) in [5.41, 5.74) is 6.32. The van der Waals surface area contributed by atoms with Gasteiger partial charge in [-0.25, -0.2) is 0 Å². The lowest BCUT2D eigenvalue weighted by molar-refractivity contribution is -0.151. The summed E-state index contributed by atoms with van der Waals surface area (Å²) in [5.74, 6) is -0.154. The van der Waals surface area contributed by atoms with Gasteiger partial charge in [-0.05, 0) is 37.7 Å². The maximum atomic E-state index is 12.0. The van der Waals surface area contributed by atoms with E-state index in [0.717, 1.165) is 6.42 Å². The zero-order chi connectivity index (χ0) is 14.6. The van der Waals surface area contributed by atoms with Gasteiger partial charge >= 0.3 is 5.97 Å². The Balaban J connectivity index is 2.12.